The Kier molecular flexibility index (Phi) is 7.44. The second-order valence-corrected chi connectivity index (χ2v) is 13.8. The fourth-order valence-electron chi connectivity index (χ4n) is 6.52. The Morgan fingerprint density at radius 1 is 1.21 bits per heavy atom. The van der Waals surface area contributed by atoms with Crippen LogP contribution in [-0.2, 0) is 31.6 Å². The van der Waals surface area contributed by atoms with Crippen LogP contribution in [0.5, 0.6) is 0 Å². The predicted octanol–water partition coefficient (Wildman–Crippen LogP) is 5.59. The minimum atomic E-state index is -4.69. The molecule has 2 atom stereocenters. The molecule has 0 spiro atoms. The lowest BCUT2D eigenvalue weighted by atomic mass is 9.57. The van der Waals surface area contributed by atoms with E-state index in [-0.39, 0.29) is 30.3 Å². The molecule has 2 fully saturated rings. The zero-order valence-electron chi connectivity index (χ0n) is 23.7. The van der Waals surface area contributed by atoms with Crippen LogP contribution in [0.2, 0.25) is 0 Å². The smallest absolute Gasteiger partial charge is 0.321 e. The summed E-state index contributed by atoms with van der Waals surface area (Å²) in [6.45, 7) is 2.79. The molecule has 1 aliphatic heterocycles. The van der Waals surface area contributed by atoms with Gasteiger partial charge in [0.2, 0.25) is 0 Å². The van der Waals surface area contributed by atoms with E-state index < -0.39 is 26.5 Å². The Hall–Kier alpha value is -3.25. The maximum atomic E-state index is 14.6. The fourth-order valence-corrected chi connectivity index (χ4v) is 6.96. The molecular weight excluding hydrogens is 677 g/mol. The van der Waals surface area contributed by atoms with E-state index in [1.54, 1.807) is 25.4 Å². The summed E-state index contributed by atoms with van der Waals surface area (Å²) in [4.78, 5) is 15.6. The second kappa shape index (κ2) is 10.7. The summed E-state index contributed by atoms with van der Waals surface area (Å²) in [5, 5.41) is 17.7. The van der Waals surface area contributed by atoms with Crippen LogP contribution in [0.4, 0.5) is 17.6 Å². The van der Waals surface area contributed by atoms with Gasteiger partial charge in [0.1, 0.15) is 12.2 Å². The van der Waals surface area contributed by atoms with E-state index in [1.807, 2.05) is 51.2 Å². The number of rotatable bonds is 6. The molecule has 1 saturated heterocycles. The molecule has 6 rings (SSSR count). The molecule has 2 aliphatic rings. The summed E-state index contributed by atoms with van der Waals surface area (Å²) in [6, 6.07) is 10.6. The molecule has 0 N–H and O–H groups in total. The largest absolute Gasteiger partial charge is 0.418 e. The van der Waals surface area contributed by atoms with Crippen LogP contribution in [0.3, 0.4) is 0 Å². The van der Waals surface area contributed by atoms with E-state index >= 15 is 0 Å². The molecule has 3 aromatic heterocycles. The number of hydrogen-bond acceptors (Lipinski definition) is 5. The van der Waals surface area contributed by atoms with Gasteiger partial charge in [-0.3, -0.25) is 13.9 Å². The minimum absolute atomic E-state index is 0.120. The molecule has 0 amide bonds. The number of aryl methyl sites for hydroxylation is 1. The van der Waals surface area contributed by atoms with E-state index in [9.17, 15) is 27.6 Å². The maximum absolute atomic E-state index is 14.6. The molecular formula is C30H30F4IN7O. The first kappa shape index (κ1) is 29.8. The maximum Gasteiger partial charge on any atom is 0.418 e. The quantitative estimate of drug-likeness (QED) is 0.148. The second-order valence-electron chi connectivity index (χ2n) is 12.0. The molecule has 1 saturated carbocycles. The molecule has 0 bridgehead atoms. The van der Waals surface area contributed by atoms with Crippen molar-refractivity contribution in [1.29, 1.82) is 5.26 Å². The molecule has 226 valence electrons. The van der Waals surface area contributed by atoms with Crippen LogP contribution < -0.4 is 5.69 Å². The van der Waals surface area contributed by atoms with Crippen LogP contribution in [0, 0.1) is 23.2 Å². The average Bonchev–Trinajstić information content (AvgIpc) is 3.49. The van der Waals surface area contributed by atoms with Crippen molar-refractivity contribution in [2.75, 3.05) is 13.1 Å². The van der Waals surface area contributed by atoms with E-state index in [0.29, 0.717) is 43.6 Å². The number of imidazole rings is 1. The molecule has 4 heterocycles. The number of benzene rings is 1. The first-order valence-corrected chi connectivity index (χ1v) is 15.1. The first-order chi connectivity index (χ1) is 20.3. The van der Waals surface area contributed by atoms with E-state index in [0.717, 1.165) is 21.9 Å². The number of piperidine rings is 1. The molecule has 4 aromatic rings. The summed E-state index contributed by atoms with van der Waals surface area (Å²) < 4.78 is 60.4. The van der Waals surface area contributed by atoms with Crippen molar-refractivity contribution in [1.82, 2.24) is 28.6 Å². The normalized spacial score (nSPS) is 26.4. The number of fused-ring (bicyclic) bond motifs is 1. The van der Waals surface area contributed by atoms with Crippen LogP contribution in [0.15, 0.2) is 53.8 Å². The zero-order valence-corrected chi connectivity index (χ0v) is 25.8. The first-order valence-electron chi connectivity index (χ1n) is 14.1. The molecule has 1 aliphatic carbocycles. The number of pyridine rings is 1. The standard InChI is InChI=1S/C30H30F4IN7O/c1-19-14-40(7-6-29(19,31)35)15-20-8-24(30(32,33)34)25-17-41(27(43)42(25)16-20)23-5-3-4-22(9-23)28(10-21(11-28)13-36)12-26-38-37-18-39(26)2/h3-5,8-9,16-19,21H,6-7,10-12,14-15H2,1-2H3. The number of alkyl halides is 5. The highest BCUT2D eigenvalue weighted by Crippen LogP contribution is 2.50. The number of nitrogens with zero attached hydrogens (tertiary/aromatic N) is 7. The van der Waals surface area contributed by atoms with Gasteiger partial charge in [-0.05, 0) is 64.8 Å². The molecule has 2 unspecified atom stereocenters. The molecule has 8 nitrogen and oxygen atoms in total. The monoisotopic (exact) mass is 707 g/mol. The number of aromatic nitrogens is 5. The minimum Gasteiger partial charge on any atom is -0.321 e. The molecule has 0 radical (unpaired) electrons. The third kappa shape index (κ3) is 5.48. The van der Waals surface area contributed by atoms with Crippen molar-refractivity contribution in [3.05, 3.63) is 82.1 Å². The zero-order chi connectivity index (χ0) is 30.7. The van der Waals surface area contributed by atoms with Gasteiger partial charge in [-0.25, -0.2) is 9.18 Å². The number of hydrogen-bond donors (Lipinski definition) is 0. The van der Waals surface area contributed by atoms with E-state index in [2.05, 4.69) is 16.3 Å². The van der Waals surface area contributed by atoms with Crippen molar-refractivity contribution in [3.8, 4) is 11.8 Å². The highest BCUT2D eigenvalue weighted by atomic mass is 127. The molecule has 43 heavy (non-hydrogen) atoms. The summed E-state index contributed by atoms with van der Waals surface area (Å²) in [6.07, 6.45) is 1.64. The highest BCUT2D eigenvalue weighted by molar-refractivity contribution is 14.1. The van der Waals surface area contributed by atoms with Crippen molar-refractivity contribution < 1.29 is 17.6 Å². The van der Waals surface area contributed by atoms with Crippen molar-refractivity contribution >= 4 is 28.1 Å². The van der Waals surface area contributed by atoms with Gasteiger partial charge in [0.05, 0.1) is 22.8 Å². The van der Waals surface area contributed by atoms with Gasteiger partial charge in [-0.2, -0.15) is 18.4 Å². The lowest BCUT2D eigenvalue weighted by Crippen LogP contribution is -2.44. The van der Waals surface area contributed by atoms with Crippen molar-refractivity contribution in [2.24, 2.45) is 18.9 Å². The third-order valence-corrected chi connectivity index (χ3v) is 10.6. The Labute approximate surface area is 259 Å². The topological polar surface area (TPSA) is 84.2 Å². The lowest BCUT2D eigenvalue weighted by molar-refractivity contribution is -0.136. The number of nitriles is 1. The predicted molar refractivity (Wildman–Crippen MR) is 160 cm³/mol. The van der Waals surface area contributed by atoms with E-state index in [1.165, 1.54) is 17.0 Å². The average molecular weight is 708 g/mol. The van der Waals surface area contributed by atoms with Gasteiger partial charge in [0, 0.05) is 69.2 Å². The van der Waals surface area contributed by atoms with Crippen LogP contribution >= 0.6 is 22.6 Å². The van der Waals surface area contributed by atoms with Crippen molar-refractivity contribution in [2.45, 2.75) is 54.4 Å². The van der Waals surface area contributed by atoms with Gasteiger partial charge >= 0.3 is 11.9 Å². The summed E-state index contributed by atoms with van der Waals surface area (Å²) in [5.41, 5.74) is -0.513. The van der Waals surface area contributed by atoms with Gasteiger partial charge in [0.15, 0.2) is 3.68 Å². The Morgan fingerprint density at radius 3 is 2.63 bits per heavy atom. The fraction of sp³-hybridized carbons (Fsp3) is 0.467. The molecule has 1 aromatic carbocycles. The Morgan fingerprint density at radius 2 is 1.98 bits per heavy atom. The number of halogens is 5. The SMILES string of the molecule is CC1CN(Cc2cc(C(F)(F)F)c3cn(-c4cccc(C5(Cc6nncn6C)CC(C#N)C5)c4)c(=O)n3c2)CCC1(F)I. The summed E-state index contributed by atoms with van der Waals surface area (Å²) in [5.74, 6) is 0.361. The van der Waals surface area contributed by atoms with Crippen LogP contribution in [0.25, 0.3) is 11.2 Å². The number of likely N-dealkylation sites (tertiary alicyclic amines) is 1. The Balaban J connectivity index is 1.38. The third-order valence-electron chi connectivity index (χ3n) is 9.04. The van der Waals surface area contributed by atoms with Crippen LogP contribution in [0.1, 0.15) is 48.7 Å². The van der Waals surface area contributed by atoms with E-state index in [4.69, 9.17) is 0 Å². The van der Waals surface area contributed by atoms with Gasteiger partial charge in [-0.15, -0.1) is 10.2 Å². The van der Waals surface area contributed by atoms with Gasteiger partial charge < -0.3 is 4.57 Å². The molecule has 13 heteroatoms. The van der Waals surface area contributed by atoms with Crippen LogP contribution in [-0.4, -0.2) is 45.4 Å². The van der Waals surface area contributed by atoms with Gasteiger partial charge in [-0.1, -0.05) is 19.1 Å². The summed E-state index contributed by atoms with van der Waals surface area (Å²) in [7, 11) is 1.85. The highest BCUT2D eigenvalue weighted by Gasteiger charge is 2.47. The lowest BCUT2D eigenvalue weighted by Gasteiger charge is -2.45. The van der Waals surface area contributed by atoms with Gasteiger partial charge in [0.25, 0.3) is 0 Å². The van der Waals surface area contributed by atoms with Crippen molar-refractivity contribution in [3.63, 3.8) is 0 Å². The summed E-state index contributed by atoms with van der Waals surface area (Å²) >= 11 is 1.81. The Bertz CT molecular complexity index is 1780.